The molecule has 0 fully saturated rings. The zero-order valence-corrected chi connectivity index (χ0v) is 12.7. The molecular weight excluding hydrogens is 286 g/mol. The summed E-state index contributed by atoms with van der Waals surface area (Å²) in [5.41, 5.74) is 6.59. The zero-order chi connectivity index (χ0) is 14.5. The highest BCUT2D eigenvalue weighted by molar-refractivity contribution is 7.90. The quantitative estimate of drug-likeness (QED) is 0.731. The maximum absolute atomic E-state index is 11.6. The van der Waals surface area contributed by atoms with E-state index in [2.05, 4.69) is 10.3 Å². The highest BCUT2D eigenvalue weighted by atomic mass is 32.2. The van der Waals surface area contributed by atoms with Crippen LogP contribution in [0.3, 0.4) is 0 Å². The molecule has 19 heavy (non-hydrogen) atoms. The molecule has 0 aromatic carbocycles. The van der Waals surface area contributed by atoms with Gasteiger partial charge in [-0.3, -0.25) is 4.79 Å². The topological polar surface area (TPSA) is 102 Å². The van der Waals surface area contributed by atoms with Crippen LogP contribution in [0.1, 0.15) is 17.1 Å². The lowest BCUT2D eigenvalue weighted by Crippen LogP contribution is -2.42. The van der Waals surface area contributed by atoms with Crippen molar-refractivity contribution in [1.29, 1.82) is 0 Å². The van der Waals surface area contributed by atoms with Gasteiger partial charge in [-0.2, -0.15) is 0 Å². The Morgan fingerprint density at radius 1 is 1.58 bits per heavy atom. The lowest BCUT2D eigenvalue weighted by molar-refractivity contribution is -0.122. The fourth-order valence-corrected chi connectivity index (χ4v) is 2.87. The number of rotatable bonds is 7. The molecule has 1 aromatic rings. The molecule has 6 nitrogen and oxygen atoms in total. The van der Waals surface area contributed by atoms with Crippen LogP contribution in [0.5, 0.6) is 0 Å². The molecule has 1 rings (SSSR count). The van der Waals surface area contributed by atoms with Crippen molar-refractivity contribution in [3.8, 4) is 0 Å². The summed E-state index contributed by atoms with van der Waals surface area (Å²) in [7, 11) is -3.08. The van der Waals surface area contributed by atoms with Gasteiger partial charge in [-0.25, -0.2) is 13.4 Å². The largest absolute Gasteiger partial charge is 0.354 e. The van der Waals surface area contributed by atoms with Crippen molar-refractivity contribution in [2.45, 2.75) is 25.8 Å². The molecular formula is C11H19N3O3S2. The molecule has 8 heteroatoms. The van der Waals surface area contributed by atoms with Gasteiger partial charge in [-0.05, 0) is 13.3 Å². The van der Waals surface area contributed by atoms with Gasteiger partial charge in [0.05, 0.1) is 16.8 Å². The molecule has 1 aromatic heterocycles. The van der Waals surface area contributed by atoms with Crippen LogP contribution < -0.4 is 11.1 Å². The van der Waals surface area contributed by atoms with Gasteiger partial charge in [0.25, 0.3) is 0 Å². The van der Waals surface area contributed by atoms with Crippen molar-refractivity contribution in [2.24, 2.45) is 5.73 Å². The molecule has 0 spiro atoms. The first-order valence-corrected chi connectivity index (χ1v) is 8.84. The lowest BCUT2D eigenvalue weighted by atomic mass is 10.2. The molecule has 1 amide bonds. The van der Waals surface area contributed by atoms with Gasteiger partial charge >= 0.3 is 0 Å². The average molecular weight is 305 g/mol. The van der Waals surface area contributed by atoms with Crippen LogP contribution in [0.25, 0.3) is 0 Å². The second-order valence-electron chi connectivity index (χ2n) is 4.45. The van der Waals surface area contributed by atoms with Gasteiger partial charge in [0, 0.05) is 30.3 Å². The van der Waals surface area contributed by atoms with Crippen LogP contribution in [0.15, 0.2) is 5.38 Å². The van der Waals surface area contributed by atoms with Gasteiger partial charge < -0.3 is 11.1 Å². The van der Waals surface area contributed by atoms with Crippen molar-refractivity contribution in [3.05, 3.63) is 16.1 Å². The van der Waals surface area contributed by atoms with Gasteiger partial charge in [0.2, 0.25) is 5.91 Å². The fraction of sp³-hybridized carbons (Fsp3) is 0.636. The first-order valence-electron chi connectivity index (χ1n) is 5.90. The van der Waals surface area contributed by atoms with E-state index < -0.39 is 15.9 Å². The Kier molecular flexibility index (Phi) is 5.89. The number of aryl methyl sites for hydroxylation is 1. The Hall–Kier alpha value is -0.990. The summed E-state index contributed by atoms with van der Waals surface area (Å²) in [6, 6.07) is -0.784. The number of nitrogens with zero attached hydrogens (tertiary/aromatic N) is 1. The minimum Gasteiger partial charge on any atom is -0.354 e. The molecule has 0 aliphatic carbocycles. The Bertz CT molecular complexity index is 525. The van der Waals surface area contributed by atoms with Crippen LogP contribution in [0, 0.1) is 6.92 Å². The number of sulfone groups is 1. The molecule has 0 bridgehead atoms. The number of nitrogens with one attached hydrogen (secondary N) is 1. The summed E-state index contributed by atoms with van der Waals surface area (Å²) >= 11 is 1.55. The highest BCUT2D eigenvalue weighted by Crippen LogP contribution is 2.08. The molecule has 0 radical (unpaired) electrons. The third kappa shape index (κ3) is 6.65. The average Bonchev–Trinajstić information content (AvgIpc) is 2.71. The maximum Gasteiger partial charge on any atom is 0.236 e. The molecule has 0 aliphatic rings. The van der Waals surface area contributed by atoms with Crippen LogP contribution in [0.2, 0.25) is 0 Å². The van der Waals surface area contributed by atoms with E-state index >= 15 is 0 Å². The second-order valence-corrected chi connectivity index (χ2v) is 7.65. The molecule has 0 aliphatic heterocycles. The predicted molar refractivity (Wildman–Crippen MR) is 75.9 cm³/mol. The van der Waals surface area contributed by atoms with Crippen LogP contribution in [-0.2, 0) is 21.1 Å². The smallest absolute Gasteiger partial charge is 0.236 e. The minimum atomic E-state index is -3.08. The monoisotopic (exact) mass is 305 g/mol. The molecule has 1 unspecified atom stereocenters. The van der Waals surface area contributed by atoms with Crippen molar-refractivity contribution in [3.63, 3.8) is 0 Å². The summed E-state index contributed by atoms with van der Waals surface area (Å²) in [6.07, 6.45) is 1.92. The number of hydrogen-bond acceptors (Lipinski definition) is 6. The van der Waals surface area contributed by atoms with Crippen molar-refractivity contribution in [1.82, 2.24) is 10.3 Å². The van der Waals surface area contributed by atoms with Crippen LogP contribution >= 0.6 is 11.3 Å². The number of carbonyl (C=O) groups excluding carboxylic acids is 1. The van der Waals surface area contributed by atoms with Gasteiger partial charge in [-0.15, -0.1) is 11.3 Å². The molecule has 0 saturated carbocycles. The number of nitrogens with two attached hydrogens (primary N) is 1. The summed E-state index contributed by atoms with van der Waals surface area (Å²) in [5, 5.41) is 5.60. The van der Waals surface area contributed by atoms with Crippen molar-refractivity contribution < 1.29 is 13.2 Å². The van der Waals surface area contributed by atoms with Crippen LogP contribution in [0.4, 0.5) is 0 Å². The predicted octanol–water partition coefficient (Wildman–Crippen LogP) is -0.128. The summed E-state index contributed by atoms with van der Waals surface area (Å²) < 4.78 is 21.9. The van der Waals surface area contributed by atoms with E-state index in [9.17, 15) is 13.2 Å². The first-order chi connectivity index (χ1) is 8.78. The number of hydrogen-bond donors (Lipinski definition) is 2. The SMILES string of the molecule is Cc1csc(CCNC(=O)C(N)CCS(C)(=O)=O)n1. The van der Waals surface area contributed by atoms with E-state index in [0.29, 0.717) is 13.0 Å². The minimum absolute atomic E-state index is 0.0761. The normalized spacial score (nSPS) is 13.2. The van der Waals surface area contributed by atoms with Gasteiger partial charge in [0.15, 0.2) is 0 Å². The van der Waals surface area contributed by atoms with E-state index in [1.165, 1.54) is 0 Å². The first kappa shape index (κ1) is 16.1. The third-order valence-corrected chi connectivity index (χ3v) is 4.44. The standard InChI is InChI=1S/C11H19N3O3S2/c1-8-7-18-10(14-8)3-5-13-11(15)9(12)4-6-19(2,16)17/h7,9H,3-6,12H2,1-2H3,(H,13,15). The number of thiazole rings is 1. The van der Waals surface area contributed by atoms with E-state index in [1.807, 2.05) is 12.3 Å². The molecule has 3 N–H and O–H groups in total. The third-order valence-electron chi connectivity index (χ3n) is 2.44. The summed E-state index contributed by atoms with van der Waals surface area (Å²) in [4.78, 5) is 15.9. The molecule has 108 valence electrons. The molecule has 1 atom stereocenters. The number of aromatic nitrogens is 1. The van der Waals surface area contributed by atoms with Crippen molar-refractivity contribution >= 4 is 27.1 Å². The highest BCUT2D eigenvalue weighted by Gasteiger charge is 2.15. The van der Waals surface area contributed by atoms with E-state index in [0.717, 1.165) is 17.0 Å². The lowest BCUT2D eigenvalue weighted by Gasteiger charge is -2.11. The molecule has 0 saturated heterocycles. The Morgan fingerprint density at radius 2 is 2.26 bits per heavy atom. The number of amides is 1. The van der Waals surface area contributed by atoms with E-state index in [4.69, 9.17) is 5.73 Å². The molecule has 1 heterocycles. The maximum atomic E-state index is 11.6. The zero-order valence-electron chi connectivity index (χ0n) is 11.0. The van der Waals surface area contributed by atoms with Gasteiger partial charge in [0.1, 0.15) is 9.84 Å². The number of carbonyl (C=O) groups is 1. The Morgan fingerprint density at radius 3 is 2.79 bits per heavy atom. The van der Waals surface area contributed by atoms with Gasteiger partial charge in [-0.1, -0.05) is 0 Å². The second kappa shape index (κ2) is 6.97. The Balaban J connectivity index is 2.27. The summed E-state index contributed by atoms with van der Waals surface area (Å²) in [5.74, 6) is -0.398. The van der Waals surface area contributed by atoms with Crippen LogP contribution in [-0.4, -0.2) is 43.9 Å². The summed E-state index contributed by atoms with van der Waals surface area (Å²) in [6.45, 7) is 2.37. The van der Waals surface area contributed by atoms with E-state index in [-0.39, 0.29) is 18.1 Å². The van der Waals surface area contributed by atoms with Crippen molar-refractivity contribution in [2.75, 3.05) is 18.6 Å². The fourth-order valence-electron chi connectivity index (χ4n) is 1.41. The van der Waals surface area contributed by atoms with E-state index in [1.54, 1.807) is 11.3 Å². The Labute approximate surface area is 117 Å².